The number of rotatable bonds is 4. The van der Waals surface area contributed by atoms with Crippen molar-refractivity contribution in [1.29, 1.82) is 0 Å². The molecule has 4 heterocycles. The molecule has 0 saturated carbocycles. The van der Waals surface area contributed by atoms with Crippen molar-refractivity contribution in [2.45, 2.75) is 32.2 Å². The van der Waals surface area contributed by atoms with Crippen LogP contribution in [0, 0.1) is 0 Å². The second kappa shape index (κ2) is 7.85. The van der Waals surface area contributed by atoms with E-state index in [0.29, 0.717) is 17.2 Å². The lowest BCUT2D eigenvalue weighted by molar-refractivity contribution is -0.133. The van der Waals surface area contributed by atoms with Crippen molar-refractivity contribution in [2.24, 2.45) is 0 Å². The van der Waals surface area contributed by atoms with E-state index in [9.17, 15) is 9.59 Å². The zero-order valence-electron chi connectivity index (χ0n) is 14.6. The number of piperidine rings is 1. The molecular weight excluding hydrogens is 368 g/mol. The topological polar surface area (TPSA) is 65.5 Å². The number of nitrogens with one attached hydrogen (secondary N) is 1. The fourth-order valence-corrected chi connectivity index (χ4v) is 5.12. The van der Waals surface area contributed by atoms with Gasteiger partial charge in [-0.05, 0) is 30.7 Å². The number of aromatic nitrogens is 1. The van der Waals surface area contributed by atoms with Crippen LogP contribution in [0.15, 0.2) is 16.8 Å². The van der Waals surface area contributed by atoms with Gasteiger partial charge in [-0.15, -0.1) is 11.3 Å². The number of anilines is 1. The lowest BCUT2D eigenvalue weighted by atomic mass is 10.1. The van der Waals surface area contributed by atoms with Crippen LogP contribution in [0.2, 0.25) is 0 Å². The predicted molar refractivity (Wildman–Crippen MR) is 104 cm³/mol. The summed E-state index contributed by atoms with van der Waals surface area (Å²) in [6.07, 6.45) is 4.31. The quantitative estimate of drug-likeness (QED) is 0.872. The second-order valence-electron chi connectivity index (χ2n) is 6.76. The normalized spacial score (nSPS) is 17.8. The number of nitrogens with zero attached hydrogens (tertiary/aromatic N) is 3. The first-order valence-corrected chi connectivity index (χ1v) is 10.8. The van der Waals surface area contributed by atoms with Gasteiger partial charge in [0.15, 0.2) is 5.13 Å². The monoisotopic (exact) mass is 390 g/mol. The van der Waals surface area contributed by atoms with E-state index >= 15 is 0 Å². The van der Waals surface area contributed by atoms with Gasteiger partial charge < -0.3 is 4.90 Å². The van der Waals surface area contributed by atoms with E-state index in [0.717, 1.165) is 56.0 Å². The number of hydrogen-bond donors (Lipinski definition) is 1. The van der Waals surface area contributed by atoms with E-state index in [1.165, 1.54) is 29.1 Å². The van der Waals surface area contributed by atoms with Gasteiger partial charge in [-0.2, -0.15) is 11.3 Å². The third-order valence-electron chi connectivity index (χ3n) is 4.88. The summed E-state index contributed by atoms with van der Waals surface area (Å²) in [5.74, 6) is 0.123. The van der Waals surface area contributed by atoms with Crippen LogP contribution in [0.4, 0.5) is 5.13 Å². The minimum Gasteiger partial charge on any atom is -0.342 e. The maximum Gasteiger partial charge on any atom is 0.258 e. The fraction of sp³-hybridized carbons (Fsp3) is 0.500. The summed E-state index contributed by atoms with van der Waals surface area (Å²) < 4.78 is 0. The minimum absolute atomic E-state index is 0.116. The number of likely N-dealkylation sites (tertiary alicyclic amines) is 1. The molecule has 0 atom stereocenters. The number of thiophene rings is 1. The highest BCUT2D eigenvalue weighted by Gasteiger charge is 2.25. The molecule has 1 saturated heterocycles. The van der Waals surface area contributed by atoms with Gasteiger partial charge in [0.25, 0.3) is 5.91 Å². The molecule has 0 bridgehead atoms. The van der Waals surface area contributed by atoms with E-state index < -0.39 is 0 Å². The van der Waals surface area contributed by atoms with Crippen LogP contribution in [0.5, 0.6) is 0 Å². The first-order chi connectivity index (χ1) is 12.7. The molecule has 2 aromatic rings. The number of fused-ring (bicyclic) bond motifs is 1. The maximum absolute atomic E-state index is 12.5. The Kier molecular flexibility index (Phi) is 5.33. The number of hydrogen-bond acceptors (Lipinski definition) is 6. The molecule has 4 rings (SSSR count). The third-order valence-corrected chi connectivity index (χ3v) is 6.56. The van der Waals surface area contributed by atoms with Gasteiger partial charge in [0.05, 0.1) is 17.8 Å². The Hall–Kier alpha value is -1.77. The van der Waals surface area contributed by atoms with Crippen LogP contribution in [-0.4, -0.2) is 52.8 Å². The predicted octanol–water partition coefficient (Wildman–Crippen LogP) is 2.83. The zero-order valence-corrected chi connectivity index (χ0v) is 16.2. The first kappa shape index (κ1) is 17.6. The van der Waals surface area contributed by atoms with Crippen LogP contribution >= 0.6 is 22.7 Å². The fourth-order valence-electron chi connectivity index (χ4n) is 3.43. The van der Waals surface area contributed by atoms with Crippen LogP contribution in [0.25, 0.3) is 0 Å². The van der Waals surface area contributed by atoms with Gasteiger partial charge >= 0.3 is 0 Å². The van der Waals surface area contributed by atoms with Crippen molar-refractivity contribution in [3.05, 3.63) is 33.0 Å². The Labute approximate surface area is 160 Å². The summed E-state index contributed by atoms with van der Waals surface area (Å²) in [4.78, 5) is 34.6. The van der Waals surface area contributed by atoms with Gasteiger partial charge in [0, 0.05) is 42.9 Å². The molecule has 2 aliphatic rings. The van der Waals surface area contributed by atoms with Crippen LogP contribution in [0.1, 0.15) is 40.2 Å². The molecule has 0 unspecified atom stereocenters. The molecule has 0 aliphatic carbocycles. The third kappa shape index (κ3) is 3.97. The van der Waals surface area contributed by atoms with Crippen molar-refractivity contribution < 1.29 is 9.59 Å². The molecule has 2 aliphatic heterocycles. The van der Waals surface area contributed by atoms with Gasteiger partial charge in [-0.3, -0.25) is 19.8 Å². The van der Waals surface area contributed by atoms with Crippen LogP contribution in [-0.2, 0) is 17.8 Å². The molecule has 0 aromatic carbocycles. The second-order valence-corrected chi connectivity index (χ2v) is 8.62. The Morgan fingerprint density at radius 2 is 2.04 bits per heavy atom. The Morgan fingerprint density at radius 3 is 2.81 bits per heavy atom. The Morgan fingerprint density at radius 1 is 1.19 bits per heavy atom. The molecule has 26 heavy (non-hydrogen) atoms. The standard InChI is InChI=1S/C18H22N4O2S2/c23-16(22-6-2-1-3-7-22)11-21-8-4-14-15(10-21)26-18(19-14)20-17(24)13-5-9-25-12-13/h5,9,12H,1-4,6-8,10-11H2,(H,19,20,24). The highest BCUT2D eigenvalue weighted by atomic mass is 32.1. The van der Waals surface area contributed by atoms with Crippen molar-refractivity contribution in [3.63, 3.8) is 0 Å². The number of amides is 2. The highest BCUT2D eigenvalue weighted by molar-refractivity contribution is 7.16. The number of thiazole rings is 1. The SMILES string of the molecule is O=C(Nc1nc2c(s1)CN(CC(=O)N1CCCCC1)CC2)c1ccsc1. The van der Waals surface area contributed by atoms with E-state index in [1.807, 2.05) is 21.7 Å². The summed E-state index contributed by atoms with van der Waals surface area (Å²) in [6.45, 7) is 3.86. The molecule has 1 fully saturated rings. The summed E-state index contributed by atoms with van der Waals surface area (Å²) in [5, 5.41) is 7.26. The molecule has 8 heteroatoms. The van der Waals surface area contributed by atoms with Gasteiger partial charge in [-0.1, -0.05) is 0 Å². The molecule has 138 valence electrons. The van der Waals surface area contributed by atoms with Crippen molar-refractivity contribution >= 4 is 39.6 Å². The summed E-state index contributed by atoms with van der Waals surface area (Å²) in [6, 6.07) is 1.81. The lowest BCUT2D eigenvalue weighted by Gasteiger charge is -2.31. The van der Waals surface area contributed by atoms with Crippen molar-refractivity contribution in [3.8, 4) is 0 Å². The van der Waals surface area contributed by atoms with E-state index in [1.54, 1.807) is 0 Å². The van der Waals surface area contributed by atoms with E-state index in [-0.39, 0.29) is 11.8 Å². The lowest BCUT2D eigenvalue weighted by Crippen LogP contribution is -2.43. The highest BCUT2D eigenvalue weighted by Crippen LogP contribution is 2.28. The number of carbonyl (C=O) groups excluding carboxylic acids is 2. The van der Waals surface area contributed by atoms with E-state index in [2.05, 4.69) is 15.2 Å². The largest absolute Gasteiger partial charge is 0.342 e. The summed E-state index contributed by atoms with van der Waals surface area (Å²) in [7, 11) is 0. The smallest absolute Gasteiger partial charge is 0.258 e. The molecule has 6 nitrogen and oxygen atoms in total. The van der Waals surface area contributed by atoms with Crippen molar-refractivity contribution in [2.75, 3.05) is 31.5 Å². The van der Waals surface area contributed by atoms with Gasteiger partial charge in [0.1, 0.15) is 0 Å². The first-order valence-electron chi connectivity index (χ1n) is 9.01. The Bertz CT molecular complexity index is 781. The average Bonchev–Trinajstić information content (AvgIpc) is 3.31. The van der Waals surface area contributed by atoms with Gasteiger partial charge in [-0.25, -0.2) is 4.98 Å². The van der Waals surface area contributed by atoms with E-state index in [4.69, 9.17) is 0 Å². The molecule has 0 spiro atoms. The molecular formula is C18H22N4O2S2. The van der Waals surface area contributed by atoms with Crippen LogP contribution < -0.4 is 5.32 Å². The average molecular weight is 391 g/mol. The summed E-state index contributed by atoms with van der Waals surface area (Å²) in [5.41, 5.74) is 1.72. The Balaban J connectivity index is 1.35. The maximum atomic E-state index is 12.5. The molecule has 2 aromatic heterocycles. The van der Waals surface area contributed by atoms with Crippen LogP contribution in [0.3, 0.4) is 0 Å². The van der Waals surface area contributed by atoms with Crippen molar-refractivity contribution in [1.82, 2.24) is 14.8 Å². The molecule has 1 N–H and O–H groups in total. The summed E-state index contributed by atoms with van der Waals surface area (Å²) >= 11 is 3.02. The molecule has 0 radical (unpaired) electrons. The zero-order chi connectivity index (χ0) is 17.9. The minimum atomic E-state index is -0.116. The molecule has 2 amide bonds. The van der Waals surface area contributed by atoms with Gasteiger partial charge in [0.2, 0.25) is 5.91 Å². The number of carbonyl (C=O) groups is 2.